The standard InChI is InChI=1S/C15H24N2O2/c1-4-19-12-9-11(14(12,2)3)17-13(18)15(10-16)7-5-6-8-15/h11-12H,4-9H2,1-3H3,(H,17,18)/t11-,12+/m0/s1. The van der Waals surface area contributed by atoms with Gasteiger partial charge in [0.15, 0.2) is 0 Å². The third-order valence-electron chi connectivity index (χ3n) is 4.96. The normalized spacial score (nSPS) is 31.3. The third-order valence-corrected chi connectivity index (χ3v) is 4.96. The highest BCUT2D eigenvalue weighted by Gasteiger charge is 2.52. The van der Waals surface area contributed by atoms with Crippen molar-refractivity contribution in [1.29, 1.82) is 5.26 Å². The first-order valence-corrected chi connectivity index (χ1v) is 7.30. The molecule has 4 nitrogen and oxygen atoms in total. The van der Waals surface area contributed by atoms with Gasteiger partial charge in [-0.1, -0.05) is 26.7 Å². The molecule has 4 heteroatoms. The topological polar surface area (TPSA) is 62.1 Å². The van der Waals surface area contributed by atoms with Gasteiger partial charge >= 0.3 is 0 Å². The van der Waals surface area contributed by atoms with Gasteiger partial charge in [-0.3, -0.25) is 4.79 Å². The molecule has 2 rings (SSSR count). The molecule has 2 aliphatic carbocycles. The van der Waals surface area contributed by atoms with E-state index in [9.17, 15) is 10.1 Å². The maximum Gasteiger partial charge on any atom is 0.240 e. The maximum atomic E-state index is 12.4. The van der Waals surface area contributed by atoms with Crippen LogP contribution in [0, 0.1) is 22.2 Å². The predicted octanol–water partition coefficient (Wildman–Crippen LogP) is 2.39. The number of nitrogens with zero attached hydrogens (tertiary/aromatic N) is 1. The van der Waals surface area contributed by atoms with Gasteiger partial charge in [0.05, 0.1) is 12.2 Å². The molecule has 1 N–H and O–H groups in total. The quantitative estimate of drug-likeness (QED) is 0.848. The second-order valence-corrected chi connectivity index (χ2v) is 6.43. The molecule has 0 radical (unpaired) electrons. The number of carbonyl (C=O) groups is 1. The van der Waals surface area contributed by atoms with Crippen molar-refractivity contribution in [3.8, 4) is 6.07 Å². The Morgan fingerprint density at radius 3 is 2.53 bits per heavy atom. The molecule has 0 aliphatic heterocycles. The Balaban J connectivity index is 1.96. The van der Waals surface area contributed by atoms with Crippen LogP contribution in [0.5, 0.6) is 0 Å². The predicted molar refractivity (Wildman–Crippen MR) is 72.3 cm³/mol. The van der Waals surface area contributed by atoms with Crippen molar-refractivity contribution < 1.29 is 9.53 Å². The lowest BCUT2D eigenvalue weighted by atomic mass is 9.64. The largest absolute Gasteiger partial charge is 0.378 e. The Morgan fingerprint density at radius 1 is 1.42 bits per heavy atom. The van der Waals surface area contributed by atoms with Crippen LogP contribution in [0.1, 0.15) is 52.9 Å². The number of amides is 1. The van der Waals surface area contributed by atoms with Gasteiger partial charge < -0.3 is 10.1 Å². The summed E-state index contributed by atoms with van der Waals surface area (Å²) in [5.41, 5.74) is -0.812. The summed E-state index contributed by atoms with van der Waals surface area (Å²) < 4.78 is 5.67. The fourth-order valence-corrected chi connectivity index (χ4v) is 3.28. The van der Waals surface area contributed by atoms with Crippen molar-refractivity contribution in [2.45, 2.75) is 65.0 Å². The molecular formula is C15H24N2O2. The Kier molecular flexibility index (Phi) is 3.87. The van der Waals surface area contributed by atoms with Gasteiger partial charge in [0.1, 0.15) is 5.41 Å². The van der Waals surface area contributed by atoms with Crippen LogP contribution in [0.15, 0.2) is 0 Å². The van der Waals surface area contributed by atoms with E-state index < -0.39 is 5.41 Å². The van der Waals surface area contributed by atoms with Gasteiger partial charge in [-0.2, -0.15) is 5.26 Å². The minimum Gasteiger partial charge on any atom is -0.378 e. The summed E-state index contributed by atoms with van der Waals surface area (Å²) in [6.07, 6.45) is 4.44. The van der Waals surface area contributed by atoms with Crippen molar-refractivity contribution in [3.63, 3.8) is 0 Å². The molecule has 0 aromatic rings. The average Bonchev–Trinajstić information content (AvgIpc) is 2.87. The first kappa shape index (κ1) is 14.3. The molecule has 2 fully saturated rings. The lowest BCUT2D eigenvalue weighted by molar-refractivity contribution is -0.142. The Hall–Kier alpha value is -1.08. The van der Waals surface area contributed by atoms with Crippen LogP contribution in [-0.4, -0.2) is 24.7 Å². The van der Waals surface area contributed by atoms with E-state index >= 15 is 0 Å². The zero-order valence-electron chi connectivity index (χ0n) is 12.2. The monoisotopic (exact) mass is 264 g/mol. The highest BCUT2D eigenvalue weighted by molar-refractivity contribution is 5.86. The van der Waals surface area contributed by atoms with Crippen molar-refractivity contribution in [2.24, 2.45) is 10.8 Å². The fraction of sp³-hybridized carbons (Fsp3) is 0.867. The molecule has 2 atom stereocenters. The van der Waals surface area contributed by atoms with Gasteiger partial charge in [-0.25, -0.2) is 0 Å². The SMILES string of the molecule is CCO[C@@H]1C[C@H](NC(=O)C2(C#N)CCCC2)C1(C)C. The van der Waals surface area contributed by atoms with E-state index in [1.54, 1.807) is 0 Å². The van der Waals surface area contributed by atoms with Crippen LogP contribution in [0.4, 0.5) is 0 Å². The van der Waals surface area contributed by atoms with Crippen molar-refractivity contribution >= 4 is 5.91 Å². The van der Waals surface area contributed by atoms with E-state index in [4.69, 9.17) is 4.74 Å². The summed E-state index contributed by atoms with van der Waals surface area (Å²) >= 11 is 0. The van der Waals surface area contributed by atoms with E-state index in [1.165, 1.54) is 0 Å². The summed E-state index contributed by atoms with van der Waals surface area (Å²) in [4.78, 5) is 12.4. The number of ether oxygens (including phenoxy) is 1. The van der Waals surface area contributed by atoms with Crippen molar-refractivity contribution in [3.05, 3.63) is 0 Å². The summed E-state index contributed by atoms with van der Waals surface area (Å²) in [7, 11) is 0. The molecule has 0 spiro atoms. The molecule has 106 valence electrons. The lowest BCUT2D eigenvalue weighted by Gasteiger charge is -2.52. The summed E-state index contributed by atoms with van der Waals surface area (Å²) in [5, 5.41) is 12.4. The molecule has 2 aliphatic rings. The molecule has 2 saturated carbocycles. The zero-order chi connectivity index (χ0) is 14.1. The molecule has 0 heterocycles. The first-order valence-electron chi connectivity index (χ1n) is 7.30. The Labute approximate surface area is 115 Å². The zero-order valence-corrected chi connectivity index (χ0v) is 12.2. The summed E-state index contributed by atoms with van der Waals surface area (Å²) in [5.74, 6) is -0.0690. The molecule has 0 saturated heterocycles. The van der Waals surface area contributed by atoms with Gasteiger partial charge in [-0.15, -0.1) is 0 Å². The fourth-order valence-electron chi connectivity index (χ4n) is 3.28. The number of hydrogen-bond donors (Lipinski definition) is 1. The van der Waals surface area contributed by atoms with Gasteiger partial charge in [0, 0.05) is 18.1 Å². The summed E-state index contributed by atoms with van der Waals surface area (Å²) in [6.45, 7) is 6.94. The van der Waals surface area contributed by atoms with E-state index in [1.807, 2.05) is 6.92 Å². The smallest absolute Gasteiger partial charge is 0.240 e. The highest BCUT2D eigenvalue weighted by Crippen LogP contribution is 2.44. The molecule has 0 aromatic carbocycles. The molecular weight excluding hydrogens is 240 g/mol. The van der Waals surface area contributed by atoms with Crippen LogP contribution in [0.2, 0.25) is 0 Å². The van der Waals surface area contributed by atoms with Gasteiger partial charge in [0.2, 0.25) is 5.91 Å². The lowest BCUT2D eigenvalue weighted by Crippen LogP contribution is -2.63. The second kappa shape index (κ2) is 5.13. The van der Waals surface area contributed by atoms with E-state index in [2.05, 4.69) is 25.2 Å². The van der Waals surface area contributed by atoms with Crippen LogP contribution in [0.25, 0.3) is 0 Å². The van der Waals surface area contributed by atoms with Crippen LogP contribution < -0.4 is 5.32 Å². The second-order valence-electron chi connectivity index (χ2n) is 6.43. The minimum absolute atomic E-state index is 0.0408. The molecule has 0 bridgehead atoms. The maximum absolute atomic E-state index is 12.4. The summed E-state index contributed by atoms with van der Waals surface area (Å²) in [6, 6.07) is 2.38. The third kappa shape index (κ3) is 2.36. The number of nitrogens with one attached hydrogen (secondary N) is 1. The van der Waals surface area contributed by atoms with Crippen LogP contribution in [-0.2, 0) is 9.53 Å². The Bertz CT molecular complexity index is 391. The van der Waals surface area contributed by atoms with Crippen LogP contribution in [0.3, 0.4) is 0 Å². The number of hydrogen-bond acceptors (Lipinski definition) is 3. The van der Waals surface area contributed by atoms with Gasteiger partial charge in [-0.05, 0) is 26.2 Å². The molecule has 0 aromatic heterocycles. The minimum atomic E-state index is -0.771. The number of rotatable bonds is 4. The highest BCUT2D eigenvalue weighted by atomic mass is 16.5. The van der Waals surface area contributed by atoms with Crippen molar-refractivity contribution in [1.82, 2.24) is 5.32 Å². The van der Waals surface area contributed by atoms with Crippen LogP contribution >= 0.6 is 0 Å². The Morgan fingerprint density at radius 2 is 2.05 bits per heavy atom. The van der Waals surface area contributed by atoms with Gasteiger partial charge in [0.25, 0.3) is 0 Å². The number of nitriles is 1. The van der Waals surface area contributed by atoms with E-state index in [0.29, 0.717) is 19.4 Å². The van der Waals surface area contributed by atoms with E-state index in [-0.39, 0.29) is 23.5 Å². The number of carbonyl (C=O) groups excluding carboxylic acids is 1. The average molecular weight is 264 g/mol. The molecule has 1 amide bonds. The molecule has 0 unspecified atom stereocenters. The van der Waals surface area contributed by atoms with E-state index in [0.717, 1.165) is 19.3 Å². The first-order chi connectivity index (χ1) is 8.96. The van der Waals surface area contributed by atoms with Crippen molar-refractivity contribution in [2.75, 3.05) is 6.61 Å². The molecule has 19 heavy (non-hydrogen) atoms.